The van der Waals surface area contributed by atoms with Gasteiger partial charge in [-0.3, -0.25) is 53.2 Å². The fourth-order valence-corrected chi connectivity index (χ4v) is 6.93. The van der Waals surface area contributed by atoms with Crippen LogP contribution in [0.3, 0.4) is 0 Å². The Morgan fingerprint density at radius 3 is 1.37 bits per heavy atom. The summed E-state index contributed by atoms with van der Waals surface area (Å²) < 4.78 is 16.1. The molecule has 67 heavy (non-hydrogen) atoms. The highest BCUT2D eigenvalue weighted by Crippen LogP contribution is 2.08. The highest BCUT2D eigenvalue weighted by atomic mass is 16.5. The van der Waals surface area contributed by atoms with Crippen LogP contribution in [0.1, 0.15) is 77.6 Å². The number of nitrogens with zero attached hydrogens (tertiary/aromatic N) is 4. The third-order valence-corrected chi connectivity index (χ3v) is 10.6. The van der Waals surface area contributed by atoms with Crippen LogP contribution in [0.5, 0.6) is 0 Å². The lowest BCUT2D eigenvalue weighted by Gasteiger charge is -2.32. The molecule has 0 spiro atoms. The maximum atomic E-state index is 13.5. The van der Waals surface area contributed by atoms with E-state index in [2.05, 4.69) is 21.3 Å². The molecule has 0 aromatic rings. The average Bonchev–Trinajstić information content (AvgIpc) is 3.26. The first-order valence-electron chi connectivity index (χ1n) is 23.5. The fraction of sp³-hybridized carbons (Fsp3) is 0.814. The molecule has 0 bridgehead atoms. The predicted octanol–water partition coefficient (Wildman–Crippen LogP) is -1.93. The number of rotatable bonds is 37. The van der Waals surface area contributed by atoms with Crippen molar-refractivity contribution < 1.29 is 73.0 Å². The lowest BCUT2D eigenvalue weighted by molar-refractivity contribution is -0.142. The van der Waals surface area contributed by atoms with E-state index in [9.17, 15) is 58.8 Å². The van der Waals surface area contributed by atoms with Crippen molar-refractivity contribution in [3.05, 3.63) is 0 Å². The van der Waals surface area contributed by atoms with Crippen molar-refractivity contribution in [3.8, 4) is 0 Å². The fourth-order valence-electron chi connectivity index (χ4n) is 6.93. The summed E-state index contributed by atoms with van der Waals surface area (Å²) in [5, 5.41) is 49.2. The Labute approximate surface area is 393 Å². The first-order chi connectivity index (χ1) is 32.1. The molecule has 0 aromatic carbocycles. The molecule has 0 radical (unpaired) electrons. The SMILES string of the molecule is CCCCCC(=O)NCCCCC(NC(=O)C(CCCCNC(=O)CN1CCN(CC(=O)O)CCN(CC(=O)O)CCN(CC(=O)O)CC1)NC(=O)CCOCCOCCOCCN)C(=O)O. The molecule has 1 aliphatic rings. The number of hydrogen-bond acceptors (Lipinski definition) is 16. The highest BCUT2D eigenvalue weighted by molar-refractivity contribution is 5.90. The number of ether oxygens (including phenoxy) is 3. The Kier molecular flexibility index (Phi) is 34.7. The monoisotopic (exact) mass is 962 g/mol. The maximum Gasteiger partial charge on any atom is 0.326 e. The van der Waals surface area contributed by atoms with E-state index in [4.69, 9.17) is 19.9 Å². The third-order valence-electron chi connectivity index (χ3n) is 10.6. The quantitative estimate of drug-likeness (QED) is 0.0306. The van der Waals surface area contributed by atoms with E-state index in [1.54, 1.807) is 19.6 Å². The van der Waals surface area contributed by atoms with Crippen molar-refractivity contribution in [2.45, 2.75) is 89.6 Å². The minimum atomic E-state index is -1.24. The molecule has 2 atom stereocenters. The van der Waals surface area contributed by atoms with E-state index < -0.39 is 47.8 Å². The van der Waals surface area contributed by atoms with Crippen LogP contribution in [-0.4, -0.2) is 237 Å². The summed E-state index contributed by atoms with van der Waals surface area (Å²) in [7, 11) is 0. The van der Waals surface area contributed by atoms with Crippen molar-refractivity contribution >= 4 is 47.5 Å². The van der Waals surface area contributed by atoms with Gasteiger partial charge in [-0.25, -0.2) is 4.79 Å². The average molecular weight is 962 g/mol. The number of amides is 4. The van der Waals surface area contributed by atoms with Gasteiger partial charge < -0.3 is 61.6 Å². The summed E-state index contributed by atoms with van der Waals surface area (Å²) in [6.07, 6.45) is 5.01. The van der Waals surface area contributed by atoms with Crippen LogP contribution in [-0.2, 0) is 52.6 Å². The lowest BCUT2D eigenvalue weighted by atomic mass is 10.1. The minimum absolute atomic E-state index is 0.0454. The number of carbonyl (C=O) groups excluding carboxylic acids is 4. The second kappa shape index (κ2) is 38.4. The number of carbonyl (C=O) groups is 8. The first kappa shape index (κ1) is 60.5. The number of unbranched alkanes of at least 4 members (excludes halogenated alkanes) is 4. The number of hydrogen-bond donors (Lipinski definition) is 9. The zero-order valence-corrected chi connectivity index (χ0v) is 39.4. The molecule has 0 aromatic heterocycles. The molecule has 0 aliphatic carbocycles. The molecule has 24 heteroatoms. The van der Waals surface area contributed by atoms with Gasteiger partial charge in [-0.15, -0.1) is 0 Å². The summed E-state index contributed by atoms with van der Waals surface area (Å²) >= 11 is 0. The van der Waals surface area contributed by atoms with Crippen LogP contribution in [0.25, 0.3) is 0 Å². The molecule has 0 saturated carbocycles. The van der Waals surface area contributed by atoms with E-state index in [0.29, 0.717) is 65.0 Å². The molecule has 386 valence electrons. The molecule has 4 amide bonds. The summed E-state index contributed by atoms with van der Waals surface area (Å²) in [6.45, 7) is 5.84. The zero-order chi connectivity index (χ0) is 49.7. The Balaban J connectivity index is 2.86. The summed E-state index contributed by atoms with van der Waals surface area (Å²) in [5.41, 5.74) is 5.38. The number of nitrogens with one attached hydrogen (secondary N) is 4. The van der Waals surface area contributed by atoms with Crippen molar-refractivity contribution in [1.29, 1.82) is 0 Å². The molecule has 1 rings (SSSR count). The van der Waals surface area contributed by atoms with Gasteiger partial charge in [0.15, 0.2) is 0 Å². The highest BCUT2D eigenvalue weighted by Gasteiger charge is 2.27. The van der Waals surface area contributed by atoms with Gasteiger partial charge in [-0.2, -0.15) is 0 Å². The molecular formula is C43H79N9O15. The topological polar surface area (TPSA) is 332 Å². The molecule has 1 saturated heterocycles. The minimum Gasteiger partial charge on any atom is -0.480 e. The van der Waals surface area contributed by atoms with E-state index in [1.165, 1.54) is 0 Å². The third kappa shape index (κ3) is 33.5. The van der Waals surface area contributed by atoms with Crippen LogP contribution >= 0.6 is 0 Å². The smallest absolute Gasteiger partial charge is 0.326 e. The van der Waals surface area contributed by atoms with Crippen molar-refractivity contribution in [3.63, 3.8) is 0 Å². The number of nitrogens with two attached hydrogens (primary N) is 1. The van der Waals surface area contributed by atoms with Gasteiger partial charge in [-0.1, -0.05) is 19.8 Å². The van der Waals surface area contributed by atoms with Gasteiger partial charge in [0.2, 0.25) is 23.6 Å². The van der Waals surface area contributed by atoms with E-state index in [-0.39, 0.29) is 136 Å². The standard InChI is InChI=1S/C43H79N9O15/c1-2-3-4-11-36(53)45-14-8-6-10-35(43(63)64)48-42(62)34(47-37(54)12-24-65-26-28-67-29-27-66-25-13-44)9-5-7-15-46-38(55)30-49-16-18-50(31-39(56)57)20-22-52(33-41(60)61)23-21-51(19-17-49)32-40(58)59/h34-35H,2-33,44H2,1H3,(H,45,53)(H,46,55)(H,47,54)(H,48,62)(H,56,57)(H,58,59)(H,60,61)(H,63,64). The lowest BCUT2D eigenvalue weighted by Crippen LogP contribution is -2.51. The normalized spacial score (nSPS) is 15.6. The second-order valence-corrected chi connectivity index (χ2v) is 16.3. The Morgan fingerprint density at radius 1 is 0.493 bits per heavy atom. The molecule has 1 aliphatic heterocycles. The first-order valence-corrected chi connectivity index (χ1v) is 23.5. The van der Waals surface area contributed by atoms with E-state index in [0.717, 1.165) is 19.3 Å². The number of carboxylic acids is 4. The van der Waals surface area contributed by atoms with Gasteiger partial charge in [0, 0.05) is 84.8 Å². The second-order valence-electron chi connectivity index (χ2n) is 16.3. The van der Waals surface area contributed by atoms with Crippen LogP contribution in [0.15, 0.2) is 0 Å². The van der Waals surface area contributed by atoms with Crippen LogP contribution in [0.4, 0.5) is 0 Å². The van der Waals surface area contributed by atoms with Crippen molar-refractivity contribution in [2.24, 2.45) is 5.73 Å². The van der Waals surface area contributed by atoms with Gasteiger partial charge in [0.1, 0.15) is 12.1 Å². The van der Waals surface area contributed by atoms with Crippen LogP contribution in [0.2, 0.25) is 0 Å². The zero-order valence-electron chi connectivity index (χ0n) is 39.4. The van der Waals surface area contributed by atoms with Crippen LogP contribution in [0, 0.1) is 0 Å². The van der Waals surface area contributed by atoms with Gasteiger partial charge >= 0.3 is 23.9 Å². The molecule has 1 fully saturated rings. The maximum absolute atomic E-state index is 13.5. The summed E-state index contributed by atoms with van der Waals surface area (Å²) in [4.78, 5) is 105. The molecule has 10 N–H and O–H groups in total. The molecule has 24 nitrogen and oxygen atoms in total. The van der Waals surface area contributed by atoms with Crippen LogP contribution < -0.4 is 27.0 Å². The molecular weight excluding hydrogens is 883 g/mol. The Morgan fingerprint density at radius 2 is 0.925 bits per heavy atom. The Hall–Kier alpha value is -4.56. The van der Waals surface area contributed by atoms with Gasteiger partial charge in [0.05, 0.1) is 65.8 Å². The largest absolute Gasteiger partial charge is 0.480 e. The van der Waals surface area contributed by atoms with Gasteiger partial charge in [0.25, 0.3) is 0 Å². The van der Waals surface area contributed by atoms with Crippen molar-refractivity contribution in [2.75, 3.05) is 138 Å². The molecule has 2 unspecified atom stereocenters. The molecule has 1 heterocycles. The summed E-state index contributed by atoms with van der Waals surface area (Å²) in [5.74, 6) is -6.00. The Bertz CT molecular complexity index is 1430. The van der Waals surface area contributed by atoms with Gasteiger partial charge in [-0.05, 0) is 44.9 Å². The van der Waals surface area contributed by atoms with E-state index in [1.807, 2.05) is 6.92 Å². The number of carboxylic acid groups (broad SMARTS) is 4. The van der Waals surface area contributed by atoms with Crippen molar-refractivity contribution in [1.82, 2.24) is 40.9 Å². The summed E-state index contributed by atoms with van der Waals surface area (Å²) in [6, 6.07) is -2.33. The predicted molar refractivity (Wildman–Crippen MR) is 244 cm³/mol. The van der Waals surface area contributed by atoms with E-state index >= 15 is 0 Å². The number of aliphatic carboxylic acids is 4.